The molecule has 4 nitrogen and oxygen atoms in total. The lowest BCUT2D eigenvalue weighted by Crippen LogP contribution is -2.12. The molecule has 0 radical (unpaired) electrons. The first kappa shape index (κ1) is 19.2. The van der Waals surface area contributed by atoms with Gasteiger partial charge in [0.2, 0.25) is 0 Å². The molecular weight excluding hydrogens is 268 g/mol. The van der Waals surface area contributed by atoms with E-state index in [1.165, 1.54) is 25.4 Å². The maximum atomic E-state index is 11.8. The summed E-state index contributed by atoms with van der Waals surface area (Å²) in [5.74, 6) is -1.00. The Morgan fingerprint density at radius 3 is 1.95 bits per heavy atom. The Hall–Kier alpha value is -1.84. The number of allylic oxidation sites excluding steroid dienone is 4. The summed E-state index contributed by atoms with van der Waals surface area (Å²) >= 11 is 0. The fourth-order valence-electron chi connectivity index (χ4n) is 1.76. The summed E-state index contributed by atoms with van der Waals surface area (Å²) in [6.07, 6.45) is 6.40. The Labute approximate surface area is 127 Å². The monoisotopic (exact) mass is 294 g/mol. The van der Waals surface area contributed by atoms with Crippen LogP contribution in [0.25, 0.3) is 0 Å². The van der Waals surface area contributed by atoms with E-state index in [2.05, 4.69) is 24.7 Å². The first-order chi connectivity index (χ1) is 9.83. The van der Waals surface area contributed by atoms with E-state index >= 15 is 0 Å². The van der Waals surface area contributed by atoms with Crippen molar-refractivity contribution in [2.75, 3.05) is 14.2 Å². The van der Waals surface area contributed by atoms with Gasteiger partial charge in [0.05, 0.1) is 19.8 Å². The predicted molar refractivity (Wildman–Crippen MR) is 83.8 cm³/mol. The van der Waals surface area contributed by atoms with Crippen molar-refractivity contribution in [2.45, 2.75) is 47.0 Å². The van der Waals surface area contributed by atoms with Crippen molar-refractivity contribution in [3.05, 3.63) is 34.4 Å². The van der Waals surface area contributed by atoms with Crippen LogP contribution in [0.15, 0.2) is 34.4 Å². The molecule has 4 heteroatoms. The second-order valence-corrected chi connectivity index (χ2v) is 5.16. The number of methoxy groups -OCH3 is 2. The number of rotatable bonds is 7. The highest BCUT2D eigenvalue weighted by Gasteiger charge is 2.17. The second kappa shape index (κ2) is 9.97. The third-order valence-corrected chi connectivity index (χ3v) is 3.12. The lowest BCUT2D eigenvalue weighted by molar-refractivity contribution is -0.139. The van der Waals surface area contributed by atoms with Crippen molar-refractivity contribution in [2.24, 2.45) is 0 Å². The Morgan fingerprint density at radius 1 is 0.905 bits per heavy atom. The molecule has 0 saturated heterocycles. The predicted octanol–water partition coefficient (Wildman–Crippen LogP) is 3.73. The highest BCUT2D eigenvalue weighted by atomic mass is 16.5. The van der Waals surface area contributed by atoms with Crippen LogP contribution in [0.2, 0.25) is 0 Å². The summed E-state index contributed by atoms with van der Waals surface area (Å²) in [5, 5.41) is 0. The highest BCUT2D eigenvalue weighted by molar-refractivity contribution is 6.00. The molecule has 0 aromatic rings. The summed E-state index contributed by atoms with van der Waals surface area (Å²) in [4.78, 5) is 23.3. The standard InChI is InChI=1S/C17H26O4/c1-12(2)8-7-9-13(3)10-11-15(17(19)21-6)14(4)16(18)20-5/h8,10H,7,9,11H2,1-6H3/b13-10+,15-14-. The van der Waals surface area contributed by atoms with Gasteiger partial charge in [0.1, 0.15) is 0 Å². The molecule has 0 amide bonds. The Morgan fingerprint density at radius 2 is 1.48 bits per heavy atom. The molecule has 0 aromatic heterocycles. The Bertz CT molecular complexity index is 463. The smallest absolute Gasteiger partial charge is 0.334 e. The number of ether oxygens (including phenoxy) is 2. The van der Waals surface area contributed by atoms with Crippen molar-refractivity contribution >= 4 is 11.9 Å². The maximum Gasteiger partial charge on any atom is 0.334 e. The molecule has 0 aliphatic rings. The molecule has 0 aromatic carbocycles. The van der Waals surface area contributed by atoms with Gasteiger partial charge in [0, 0.05) is 5.57 Å². The number of carbonyl (C=O) groups is 2. The number of hydrogen-bond acceptors (Lipinski definition) is 4. The molecule has 0 rings (SSSR count). The second-order valence-electron chi connectivity index (χ2n) is 5.16. The minimum absolute atomic E-state index is 0.290. The molecule has 0 aliphatic heterocycles. The molecule has 0 unspecified atom stereocenters. The van der Waals surface area contributed by atoms with E-state index in [9.17, 15) is 9.59 Å². The molecule has 0 saturated carbocycles. The van der Waals surface area contributed by atoms with E-state index in [4.69, 9.17) is 4.74 Å². The molecule has 0 bridgehead atoms. The van der Waals surface area contributed by atoms with Gasteiger partial charge in [-0.2, -0.15) is 0 Å². The van der Waals surface area contributed by atoms with Gasteiger partial charge in [-0.05, 0) is 47.0 Å². The first-order valence-electron chi connectivity index (χ1n) is 6.98. The van der Waals surface area contributed by atoms with Crippen LogP contribution in [0.4, 0.5) is 0 Å². The summed E-state index contributed by atoms with van der Waals surface area (Å²) in [5.41, 5.74) is 3.09. The molecule has 0 atom stereocenters. The third kappa shape index (κ3) is 7.49. The van der Waals surface area contributed by atoms with Gasteiger partial charge in [-0.1, -0.05) is 23.3 Å². The molecule has 0 heterocycles. The van der Waals surface area contributed by atoms with Gasteiger partial charge in [-0.3, -0.25) is 0 Å². The van der Waals surface area contributed by atoms with Crippen LogP contribution in [0.1, 0.15) is 47.0 Å². The van der Waals surface area contributed by atoms with Gasteiger partial charge in [0.25, 0.3) is 0 Å². The van der Waals surface area contributed by atoms with E-state index < -0.39 is 11.9 Å². The lowest BCUT2D eigenvalue weighted by Gasteiger charge is -2.08. The zero-order chi connectivity index (χ0) is 16.4. The summed E-state index contributed by atoms with van der Waals surface area (Å²) in [7, 11) is 2.60. The van der Waals surface area contributed by atoms with Gasteiger partial charge in [0.15, 0.2) is 0 Å². The lowest BCUT2D eigenvalue weighted by atomic mass is 10.0. The highest BCUT2D eigenvalue weighted by Crippen LogP contribution is 2.16. The fourth-order valence-corrected chi connectivity index (χ4v) is 1.76. The van der Waals surface area contributed by atoms with Crippen LogP contribution in [0, 0.1) is 0 Å². The quantitative estimate of drug-likeness (QED) is 0.408. The van der Waals surface area contributed by atoms with Crippen molar-refractivity contribution in [3.63, 3.8) is 0 Å². The number of esters is 2. The molecule has 0 fully saturated rings. The Balaban J connectivity index is 4.96. The SMILES string of the molecule is COC(=O)/C(C)=C(/C/C=C(\C)CCC=C(C)C)C(=O)OC. The van der Waals surface area contributed by atoms with Crippen LogP contribution in [-0.2, 0) is 19.1 Å². The van der Waals surface area contributed by atoms with Gasteiger partial charge >= 0.3 is 11.9 Å². The minimum Gasteiger partial charge on any atom is -0.466 e. The van der Waals surface area contributed by atoms with E-state index in [0.29, 0.717) is 12.0 Å². The van der Waals surface area contributed by atoms with Crippen molar-refractivity contribution in [1.82, 2.24) is 0 Å². The van der Waals surface area contributed by atoms with Crippen molar-refractivity contribution in [1.29, 1.82) is 0 Å². The van der Waals surface area contributed by atoms with Crippen LogP contribution < -0.4 is 0 Å². The maximum absolute atomic E-state index is 11.8. The molecule has 0 aliphatic carbocycles. The molecule has 0 spiro atoms. The van der Waals surface area contributed by atoms with Gasteiger partial charge in [-0.15, -0.1) is 0 Å². The molecular formula is C17H26O4. The fraction of sp³-hybridized carbons (Fsp3) is 0.529. The van der Waals surface area contributed by atoms with E-state index in [-0.39, 0.29) is 5.57 Å². The summed E-state index contributed by atoms with van der Waals surface area (Å²) in [6.45, 7) is 7.72. The average Bonchev–Trinajstić information content (AvgIpc) is 2.45. The van der Waals surface area contributed by atoms with Gasteiger partial charge in [-0.25, -0.2) is 9.59 Å². The van der Waals surface area contributed by atoms with Crippen LogP contribution >= 0.6 is 0 Å². The van der Waals surface area contributed by atoms with Crippen molar-refractivity contribution in [3.8, 4) is 0 Å². The number of hydrogen-bond donors (Lipinski definition) is 0. The zero-order valence-electron chi connectivity index (χ0n) is 13.9. The summed E-state index contributed by atoms with van der Waals surface area (Å²) in [6, 6.07) is 0. The first-order valence-corrected chi connectivity index (χ1v) is 6.98. The molecule has 0 N–H and O–H groups in total. The van der Waals surface area contributed by atoms with E-state index in [0.717, 1.165) is 12.8 Å². The third-order valence-electron chi connectivity index (χ3n) is 3.12. The zero-order valence-corrected chi connectivity index (χ0v) is 13.9. The Kier molecular flexibility index (Phi) is 9.10. The number of carbonyl (C=O) groups excluding carboxylic acids is 2. The van der Waals surface area contributed by atoms with Gasteiger partial charge < -0.3 is 9.47 Å². The van der Waals surface area contributed by atoms with E-state index in [1.807, 2.05) is 13.0 Å². The van der Waals surface area contributed by atoms with Crippen LogP contribution in [0.5, 0.6) is 0 Å². The van der Waals surface area contributed by atoms with Crippen molar-refractivity contribution < 1.29 is 19.1 Å². The largest absolute Gasteiger partial charge is 0.466 e. The van der Waals surface area contributed by atoms with Crippen LogP contribution in [-0.4, -0.2) is 26.2 Å². The topological polar surface area (TPSA) is 52.6 Å². The average molecular weight is 294 g/mol. The molecule has 118 valence electrons. The normalized spacial score (nSPS) is 12.4. The van der Waals surface area contributed by atoms with Crippen LogP contribution in [0.3, 0.4) is 0 Å². The minimum atomic E-state index is -0.508. The summed E-state index contributed by atoms with van der Waals surface area (Å²) < 4.78 is 9.38. The van der Waals surface area contributed by atoms with E-state index in [1.54, 1.807) is 6.92 Å². The molecule has 21 heavy (non-hydrogen) atoms.